The van der Waals surface area contributed by atoms with Crippen molar-refractivity contribution in [1.82, 2.24) is 15.1 Å². The van der Waals surface area contributed by atoms with Crippen LogP contribution in [0.3, 0.4) is 0 Å². The van der Waals surface area contributed by atoms with Crippen molar-refractivity contribution in [3.8, 4) is 5.75 Å². The van der Waals surface area contributed by atoms with Crippen molar-refractivity contribution in [3.63, 3.8) is 0 Å². The quantitative estimate of drug-likeness (QED) is 0.711. The van der Waals surface area contributed by atoms with Gasteiger partial charge in [0.1, 0.15) is 10.8 Å². The van der Waals surface area contributed by atoms with Crippen LogP contribution in [-0.4, -0.2) is 40.6 Å². The van der Waals surface area contributed by atoms with Gasteiger partial charge in [-0.25, -0.2) is 0 Å². The Kier molecular flexibility index (Phi) is 5.80. The Morgan fingerprint density at radius 2 is 2.03 bits per heavy atom. The van der Waals surface area contributed by atoms with Crippen LogP contribution in [-0.2, 0) is 9.59 Å². The third-order valence-electron chi connectivity index (χ3n) is 5.58. The lowest BCUT2D eigenvalue weighted by atomic mass is 9.92. The molecule has 4 rings (SSSR count). The molecule has 29 heavy (non-hydrogen) atoms. The largest absolute Gasteiger partial charge is 0.497 e. The molecule has 1 saturated heterocycles. The lowest BCUT2D eigenvalue weighted by molar-refractivity contribution is -0.129. The molecule has 154 valence electrons. The van der Waals surface area contributed by atoms with Crippen molar-refractivity contribution < 1.29 is 14.3 Å². The van der Waals surface area contributed by atoms with Crippen LogP contribution >= 0.6 is 11.3 Å². The van der Waals surface area contributed by atoms with Gasteiger partial charge in [-0.2, -0.15) is 0 Å². The fourth-order valence-electron chi connectivity index (χ4n) is 3.81. The molecular formula is C21H26N4O3S. The maximum absolute atomic E-state index is 13.1. The number of amides is 2. The van der Waals surface area contributed by atoms with Crippen molar-refractivity contribution in [1.29, 1.82) is 0 Å². The minimum Gasteiger partial charge on any atom is -0.497 e. The average molecular weight is 415 g/mol. The number of anilines is 1. The van der Waals surface area contributed by atoms with Crippen molar-refractivity contribution in [3.05, 3.63) is 34.8 Å². The molecule has 0 unspecified atom stereocenters. The fraction of sp³-hybridized carbons (Fsp3) is 0.524. The number of unbranched alkanes of at least 4 members (excludes halogenated alkanes) is 1. The normalized spacial score (nSPS) is 21.4. The zero-order valence-corrected chi connectivity index (χ0v) is 17.6. The van der Waals surface area contributed by atoms with Crippen molar-refractivity contribution in [2.45, 2.75) is 51.0 Å². The van der Waals surface area contributed by atoms with Gasteiger partial charge < -0.3 is 15.0 Å². The molecule has 2 aromatic rings. The SMILES string of the molecule is CCCCN1C(=O)C[C@H](C(=O)Nc2nnc(C3CC3)s2)[C@@H]1c1ccc(OC)cc1. The van der Waals surface area contributed by atoms with E-state index in [-0.39, 0.29) is 24.3 Å². The predicted octanol–water partition coefficient (Wildman–Crippen LogP) is 3.75. The summed E-state index contributed by atoms with van der Waals surface area (Å²) in [6.07, 6.45) is 4.40. The summed E-state index contributed by atoms with van der Waals surface area (Å²) in [6.45, 7) is 2.75. The van der Waals surface area contributed by atoms with Crippen LogP contribution in [0, 0.1) is 5.92 Å². The van der Waals surface area contributed by atoms with E-state index in [4.69, 9.17) is 4.74 Å². The highest BCUT2D eigenvalue weighted by Crippen LogP contribution is 2.43. The Balaban J connectivity index is 1.56. The third-order valence-corrected chi connectivity index (χ3v) is 6.58. The van der Waals surface area contributed by atoms with Gasteiger partial charge in [0.2, 0.25) is 16.9 Å². The number of nitrogens with one attached hydrogen (secondary N) is 1. The summed E-state index contributed by atoms with van der Waals surface area (Å²) in [6, 6.07) is 7.35. The van der Waals surface area contributed by atoms with Gasteiger partial charge in [0.25, 0.3) is 0 Å². The Labute approximate surface area is 174 Å². The number of nitrogens with zero attached hydrogens (tertiary/aromatic N) is 3. The van der Waals surface area contributed by atoms with Gasteiger partial charge in [0, 0.05) is 18.9 Å². The Morgan fingerprint density at radius 3 is 2.69 bits per heavy atom. The standard InChI is InChI=1S/C21H26N4O3S/c1-3-4-11-25-17(26)12-16(18(25)13-7-9-15(28-2)10-8-13)19(27)22-21-24-23-20(29-21)14-5-6-14/h7-10,14,16,18H,3-6,11-12H2,1-2H3,(H,22,24,27)/t16-,18-/m0/s1. The molecule has 7 nitrogen and oxygen atoms in total. The second-order valence-corrected chi connectivity index (χ2v) is 8.69. The maximum atomic E-state index is 13.1. The zero-order valence-electron chi connectivity index (χ0n) is 16.8. The Bertz CT molecular complexity index is 878. The monoisotopic (exact) mass is 414 g/mol. The second-order valence-electron chi connectivity index (χ2n) is 7.68. The number of likely N-dealkylation sites (tertiary alicyclic amines) is 1. The van der Waals surface area contributed by atoms with Crippen molar-refractivity contribution >= 4 is 28.3 Å². The number of rotatable bonds is 8. The van der Waals surface area contributed by atoms with E-state index >= 15 is 0 Å². The molecule has 0 spiro atoms. The number of benzene rings is 1. The molecule has 1 N–H and O–H groups in total. The van der Waals surface area contributed by atoms with Gasteiger partial charge in [0.05, 0.1) is 19.1 Å². The average Bonchev–Trinajstić information content (AvgIpc) is 3.39. The van der Waals surface area contributed by atoms with Crippen molar-refractivity contribution in [2.75, 3.05) is 19.0 Å². The summed E-state index contributed by atoms with van der Waals surface area (Å²) < 4.78 is 5.25. The van der Waals surface area contributed by atoms with Crippen molar-refractivity contribution in [2.24, 2.45) is 5.92 Å². The van der Waals surface area contributed by atoms with Crippen LogP contribution in [0.1, 0.15) is 61.6 Å². The first-order valence-corrected chi connectivity index (χ1v) is 11.0. The van der Waals surface area contributed by atoms with E-state index in [2.05, 4.69) is 22.4 Å². The van der Waals surface area contributed by atoms with Crippen LogP contribution in [0.25, 0.3) is 0 Å². The van der Waals surface area contributed by atoms with Gasteiger partial charge in [-0.05, 0) is 37.0 Å². The molecule has 2 heterocycles. The van der Waals surface area contributed by atoms with Gasteiger partial charge in [-0.1, -0.05) is 36.8 Å². The summed E-state index contributed by atoms with van der Waals surface area (Å²) in [5, 5.41) is 12.7. The molecule has 0 radical (unpaired) electrons. The first kappa shape index (κ1) is 19.8. The van der Waals surface area contributed by atoms with Gasteiger partial charge in [0.15, 0.2) is 0 Å². The fourth-order valence-corrected chi connectivity index (χ4v) is 4.72. The highest BCUT2D eigenvalue weighted by Gasteiger charge is 2.44. The molecule has 1 saturated carbocycles. The van der Waals surface area contributed by atoms with E-state index in [0.717, 1.165) is 42.0 Å². The molecule has 1 aromatic heterocycles. The predicted molar refractivity (Wildman–Crippen MR) is 111 cm³/mol. The molecule has 1 aromatic carbocycles. The number of aromatic nitrogens is 2. The van der Waals surface area contributed by atoms with Crippen LogP contribution in [0.2, 0.25) is 0 Å². The topological polar surface area (TPSA) is 84.4 Å². The second kappa shape index (κ2) is 8.49. The summed E-state index contributed by atoms with van der Waals surface area (Å²) in [5.74, 6) is 0.650. The zero-order chi connectivity index (χ0) is 20.4. The maximum Gasteiger partial charge on any atom is 0.232 e. The van der Waals surface area contributed by atoms with Crippen LogP contribution in [0.15, 0.2) is 24.3 Å². The van der Waals surface area contributed by atoms with Crippen LogP contribution < -0.4 is 10.1 Å². The van der Waals surface area contributed by atoms with E-state index in [1.54, 1.807) is 7.11 Å². The van der Waals surface area contributed by atoms with Gasteiger partial charge in [-0.15, -0.1) is 10.2 Å². The number of carbonyl (C=O) groups is 2. The van der Waals surface area contributed by atoms with E-state index in [9.17, 15) is 9.59 Å². The number of carbonyl (C=O) groups excluding carboxylic acids is 2. The molecule has 2 amide bonds. The van der Waals surface area contributed by atoms with E-state index < -0.39 is 5.92 Å². The van der Waals surface area contributed by atoms with Crippen LogP contribution in [0.4, 0.5) is 5.13 Å². The minimum absolute atomic E-state index is 0.0235. The van der Waals surface area contributed by atoms with E-state index in [1.165, 1.54) is 11.3 Å². The number of hydrogen-bond acceptors (Lipinski definition) is 6. The highest BCUT2D eigenvalue weighted by molar-refractivity contribution is 7.15. The molecule has 2 fully saturated rings. The molecule has 1 aliphatic carbocycles. The number of hydrogen-bond donors (Lipinski definition) is 1. The summed E-state index contributed by atoms with van der Waals surface area (Å²) in [5.41, 5.74) is 0.948. The summed E-state index contributed by atoms with van der Waals surface area (Å²) in [4.78, 5) is 27.7. The van der Waals surface area contributed by atoms with Crippen LogP contribution in [0.5, 0.6) is 5.75 Å². The first-order valence-electron chi connectivity index (χ1n) is 10.2. The lowest BCUT2D eigenvalue weighted by Crippen LogP contribution is -2.33. The molecule has 1 aliphatic heterocycles. The van der Waals surface area contributed by atoms with Gasteiger partial charge >= 0.3 is 0 Å². The molecule has 0 bridgehead atoms. The Hall–Kier alpha value is -2.48. The molecular weight excluding hydrogens is 388 g/mol. The minimum atomic E-state index is -0.457. The smallest absolute Gasteiger partial charge is 0.232 e. The Morgan fingerprint density at radius 1 is 1.28 bits per heavy atom. The third kappa shape index (κ3) is 4.27. The molecule has 8 heteroatoms. The van der Waals surface area contributed by atoms with Gasteiger partial charge in [-0.3, -0.25) is 9.59 Å². The highest BCUT2D eigenvalue weighted by atomic mass is 32.1. The number of ether oxygens (including phenoxy) is 1. The summed E-state index contributed by atoms with van der Waals surface area (Å²) >= 11 is 1.44. The van der Waals surface area contributed by atoms with E-state index in [0.29, 0.717) is 17.6 Å². The van der Waals surface area contributed by atoms with E-state index in [1.807, 2.05) is 29.2 Å². The number of methoxy groups -OCH3 is 1. The lowest BCUT2D eigenvalue weighted by Gasteiger charge is -2.28. The molecule has 2 aliphatic rings. The summed E-state index contributed by atoms with van der Waals surface area (Å²) in [7, 11) is 1.62. The molecule has 2 atom stereocenters. The first-order chi connectivity index (χ1) is 14.1.